The molecule has 1 N–H and O–H groups in total. The van der Waals surface area contributed by atoms with E-state index in [1.54, 1.807) is 48.2 Å². The highest BCUT2D eigenvalue weighted by Crippen LogP contribution is 2.22. The maximum absolute atomic E-state index is 13.4. The third-order valence-corrected chi connectivity index (χ3v) is 4.30. The van der Waals surface area contributed by atoms with Gasteiger partial charge in [0.1, 0.15) is 11.6 Å². The van der Waals surface area contributed by atoms with Crippen LogP contribution in [0.4, 0.5) is 4.39 Å². The van der Waals surface area contributed by atoms with Gasteiger partial charge < -0.3 is 10.1 Å². The van der Waals surface area contributed by atoms with Gasteiger partial charge in [0.05, 0.1) is 5.02 Å². The lowest BCUT2D eigenvalue weighted by Gasteiger charge is -2.08. The van der Waals surface area contributed by atoms with Crippen molar-refractivity contribution in [3.63, 3.8) is 0 Å². The molecule has 0 heterocycles. The van der Waals surface area contributed by atoms with Gasteiger partial charge in [-0.2, -0.15) is 11.8 Å². The van der Waals surface area contributed by atoms with Crippen LogP contribution in [0.2, 0.25) is 5.02 Å². The van der Waals surface area contributed by atoms with Crippen molar-refractivity contribution < 1.29 is 13.9 Å². The molecule has 0 saturated carbocycles. The van der Waals surface area contributed by atoms with E-state index in [-0.39, 0.29) is 18.3 Å². The number of hydrogen-bond acceptors (Lipinski definition) is 3. The summed E-state index contributed by atoms with van der Waals surface area (Å²) in [6, 6.07) is 13.7. The van der Waals surface area contributed by atoms with Gasteiger partial charge in [0.15, 0.2) is 6.61 Å². The van der Waals surface area contributed by atoms with Crippen LogP contribution in [0.5, 0.6) is 5.75 Å². The molecule has 0 atom stereocenters. The molecule has 0 saturated heterocycles. The Kier molecular flexibility index (Phi) is 7.23. The Bertz CT molecular complexity index is 654. The fourth-order valence-electron chi connectivity index (χ4n) is 1.82. The Hall–Kier alpha value is -1.72. The normalized spacial score (nSPS) is 10.3. The minimum absolute atomic E-state index is 0.0816. The quantitative estimate of drug-likeness (QED) is 0.731. The van der Waals surface area contributed by atoms with Gasteiger partial charge in [-0.1, -0.05) is 41.9 Å². The molecule has 2 rings (SSSR count). The SMILES string of the molecule is O=C(COc1ccccc1Cl)NCCSCc1ccccc1F. The first kappa shape index (κ1) is 17.6. The molecule has 0 spiro atoms. The average Bonchev–Trinajstić information content (AvgIpc) is 2.55. The van der Waals surface area contributed by atoms with Gasteiger partial charge >= 0.3 is 0 Å². The molecular weight excluding hydrogens is 337 g/mol. The maximum Gasteiger partial charge on any atom is 0.257 e. The summed E-state index contributed by atoms with van der Waals surface area (Å²) in [7, 11) is 0. The lowest BCUT2D eigenvalue weighted by Crippen LogP contribution is -2.30. The Morgan fingerprint density at radius 1 is 1.17 bits per heavy atom. The molecule has 0 aliphatic carbocycles. The number of carbonyl (C=O) groups excluding carboxylic acids is 1. The molecular formula is C17H17ClFNO2S. The fraction of sp³-hybridized carbons (Fsp3) is 0.235. The molecule has 2 aromatic rings. The highest BCUT2D eigenvalue weighted by atomic mass is 35.5. The van der Waals surface area contributed by atoms with Gasteiger partial charge in [0, 0.05) is 18.1 Å². The number of rotatable bonds is 8. The van der Waals surface area contributed by atoms with Gasteiger partial charge in [-0.15, -0.1) is 0 Å². The molecule has 1 amide bonds. The number of benzene rings is 2. The van der Waals surface area contributed by atoms with Crippen molar-refractivity contribution in [1.29, 1.82) is 0 Å². The predicted octanol–water partition coefficient (Wildman–Crippen LogP) is 3.91. The van der Waals surface area contributed by atoms with Crippen molar-refractivity contribution in [2.45, 2.75) is 5.75 Å². The Labute approximate surface area is 144 Å². The number of nitrogens with one attached hydrogen (secondary N) is 1. The van der Waals surface area contributed by atoms with Crippen LogP contribution >= 0.6 is 23.4 Å². The van der Waals surface area contributed by atoms with E-state index in [9.17, 15) is 9.18 Å². The number of halogens is 2. The molecule has 23 heavy (non-hydrogen) atoms. The van der Waals surface area contributed by atoms with Gasteiger partial charge in [-0.3, -0.25) is 4.79 Å². The third kappa shape index (κ3) is 6.12. The molecule has 0 bridgehead atoms. The zero-order chi connectivity index (χ0) is 16.5. The largest absolute Gasteiger partial charge is 0.482 e. The van der Waals surface area contributed by atoms with E-state index in [2.05, 4.69) is 5.32 Å². The Morgan fingerprint density at radius 3 is 2.70 bits per heavy atom. The third-order valence-electron chi connectivity index (χ3n) is 2.98. The van der Waals surface area contributed by atoms with Crippen molar-refractivity contribution >= 4 is 29.3 Å². The zero-order valence-corrected chi connectivity index (χ0v) is 14.0. The molecule has 0 radical (unpaired) electrons. The summed E-state index contributed by atoms with van der Waals surface area (Å²) in [5.41, 5.74) is 0.672. The first-order valence-corrected chi connectivity index (χ1v) is 8.65. The Balaban J connectivity index is 1.60. The molecule has 0 aliphatic rings. The van der Waals surface area contributed by atoms with E-state index in [1.165, 1.54) is 6.07 Å². The van der Waals surface area contributed by atoms with Gasteiger partial charge in [-0.05, 0) is 23.8 Å². The van der Waals surface area contributed by atoms with Crippen molar-refractivity contribution in [1.82, 2.24) is 5.32 Å². The topological polar surface area (TPSA) is 38.3 Å². The smallest absolute Gasteiger partial charge is 0.257 e. The lowest BCUT2D eigenvalue weighted by atomic mass is 10.2. The minimum atomic E-state index is -0.212. The summed E-state index contributed by atoms with van der Waals surface area (Å²) in [6.45, 7) is 0.422. The van der Waals surface area contributed by atoms with Gasteiger partial charge in [0.25, 0.3) is 5.91 Å². The molecule has 0 aromatic heterocycles. The molecule has 122 valence electrons. The standard InChI is InChI=1S/C17H17ClFNO2S/c18-14-6-2-4-8-16(14)22-11-17(21)20-9-10-23-12-13-5-1-3-7-15(13)19/h1-8H,9-12H2,(H,20,21). The minimum Gasteiger partial charge on any atom is -0.482 e. The first-order chi connectivity index (χ1) is 11.2. The number of ether oxygens (including phenoxy) is 1. The van der Waals surface area contributed by atoms with Gasteiger partial charge in [-0.25, -0.2) is 4.39 Å². The molecule has 0 aliphatic heterocycles. The summed E-state index contributed by atoms with van der Waals surface area (Å²) in [4.78, 5) is 11.7. The van der Waals surface area contributed by atoms with Crippen molar-refractivity contribution in [2.75, 3.05) is 18.9 Å². The highest BCUT2D eigenvalue weighted by molar-refractivity contribution is 7.98. The van der Waals surface area contributed by atoms with E-state index in [4.69, 9.17) is 16.3 Å². The van der Waals surface area contributed by atoms with Crippen LogP contribution < -0.4 is 10.1 Å². The molecule has 3 nitrogen and oxygen atoms in total. The van der Waals surface area contributed by atoms with Crippen LogP contribution in [0.25, 0.3) is 0 Å². The van der Waals surface area contributed by atoms with E-state index in [0.717, 1.165) is 0 Å². The van der Waals surface area contributed by atoms with Crippen molar-refractivity contribution in [3.05, 3.63) is 64.9 Å². The lowest BCUT2D eigenvalue weighted by molar-refractivity contribution is -0.122. The first-order valence-electron chi connectivity index (χ1n) is 7.12. The predicted molar refractivity (Wildman–Crippen MR) is 92.5 cm³/mol. The van der Waals surface area contributed by atoms with Crippen LogP contribution in [0.1, 0.15) is 5.56 Å². The summed E-state index contributed by atoms with van der Waals surface area (Å²) < 4.78 is 18.8. The van der Waals surface area contributed by atoms with Gasteiger partial charge in [0.2, 0.25) is 0 Å². The highest BCUT2D eigenvalue weighted by Gasteiger charge is 2.05. The van der Waals surface area contributed by atoms with E-state index >= 15 is 0 Å². The number of para-hydroxylation sites is 1. The molecule has 6 heteroatoms. The second-order valence-corrected chi connectivity index (χ2v) is 6.23. The zero-order valence-electron chi connectivity index (χ0n) is 12.4. The number of hydrogen-bond donors (Lipinski definition) is 1. The van der Waals surface area contributed by atoms with Crippen molar-refractivity contribution in [2.24, 2.45) is 0 Å². The second kappa shape index (κ2) is 9.43. The molecule has 0 unspecified atom stereocenters. The summed E-state index contributed by atoms with van der Waals surface area (Å²) in [5.74, 6) is 1.36. The maximum atomic E-state index is 13.4. The van der Waals surface area contributed by atoms with E-state index in [0.29, 0.717) is 34.4 Å². The van der Waals surface area contributed by atoms with Crippen LogP contribution in [0.15, 0.2) is 48.5 Å². The number of thioether (sulfide) groups is 1. The average molecular weight is 354 g/mol. The Morgan fingerprint density at radius 2 is 1.91 bits per heavy atom. The fourth-order valence-corrected chi connectivity index (χ4v) is 2.85. The summed E-state index contributed by atoms with van der Waals surface area (Å²) in [6.07, 6.45) is 0. The molecule has 2 aromatic carbocycles. The number of amides is 1. The van der Waals surface area contributed by atoms with E-state index < -0.39 is 0 Å². The van der Waals surface area contributed by atoms with Crippen LogP contribution in [-0.2, 0) is 10.5 Å². The van der Waals surface area contributed by atoms with Crippen LogP contribution in [0.3, 0.4) is 0 Å². The monoisotopic (exact) mass is 353 g/mol. The van der Waals surface area contributed by atoms with Crippen molar-refractivity contribution in [3.8, 4) is 5.75 Å². The van der Waals surface area contributed by atoms with Crippen LogP contribution in [0, 0.1) is 5.82 Å². The second-order valence-electron chi connectivity index (χ2n) is 4.71. The number of carbonyl (C=O) groups is 1. The van der Waals surface area contributed by atoms with Crippen LogP contribution in [-0.4, -0.2) is 24.8 Å². The van der Waals surface area contributed by atoms with E-state index in [1.807, 2.05) is 6.07 Å². The molecule has 0 fully saturated rings. The summed E-state index contributed by atoms with van der Waals surface area (Å²) >= 11 is 7.50. The summed E-state index contributed by atoms with van der Waals surface area (Å²) in [5, 5.41) is 3.22.